The first-order valence-corrected chi connectivity index (χ1v) is 6.64. The van der Waals surface area contributed by atoms with Crippen molar-refractivity contribution in [2.75, 3.05) is 0 Å². The van der Waals surface area contributed by atoms with Gasteiger partial charge in [0.2, 0.25) is 0 Å². The van der Waals surface area contributed by atoms with E-state index in [1.165, 1.54) is 6.07 Å². The SMILES string of the molecule is CC1(C)OB(c2ccc(CN)c(C(F)F)c2)OC1(C)C. The van der Waals surface area contributed by atoms with Crippen molar-refractivity contribution in [3.05, 3.63) is 29.3 Å². The Labute approximate surface area is 118 Å². The Balaban J connectivity index is 2.34. The predicted octanol–water partition coefficient (Wildman–Crippen LogP) is 2.38. The number of alkyl halides is 2. The van der Waals surface area contributed by atoms with E-state index in [0.29, 0.717) is 11.0 Å². The van der Waals surface area contributed by atoms with E-state index in [4.69, 9.17) is 15.0 Å². The first kappa shape index (κ1) is 15.4. The molecule has 0 radical (unpaired) electrons. The largest absolute Gasteiger partial charge is 0.494 e. The third kappa shape index (κ3) is 2.60. The summed E-state index contributed by atoms with van der Waals surface area (Å²) in [6.07, 6.45) is -2.56. The van der Waals surface area contributed by atoms with Crippen LogP contribution in [0.25, 0.3) is 0 Å². The molecule has 110 valence electrons. The van der Waals surface area contributed by atoms with Crippen molar-refractivity contribution in [3.8, 4) is 0 Å². The van der Waals surface area contributed by atoms with Crippen molar-refractivity contribution < 1.29 is 18.1 Å². The highest BCUT2D eigenvalue weighted by atomic mass is 19.3. The Bertz CT molecular complexity index is 490. The molecule has 3 nitrogen and oxygen atoms in total. The fraction of sp³-hybridized carbons (Fsp3) is 0.571. The highest BCUT2D eigenvalue weighted by Gasteiger charge is 2.51. The van der Waals surface area contributed by atoms with E-state index in [1.54, 1.807) is 12.1 Å². The summed E-state index contributed by atoms with van der Waals surface area (Å²) in [5, 5.41) is 0. The summed E-state index contributed by atoms with van der Waals surface area (Å²) in [7, 11) is -0.635. The summed E-state index contributed by atoms with van der Waals surface area (Å²) in [6.45, 7) is 7.79. The van der Waals surface area contributed by atoms with Crippen LogP contribution in [-0.4, -0.2) is 18.3 Å². The van der Waals surface area contributed by atoms with Gasteiger partial charge in [-0.25, -0.2) is 8.78 Å². The molecule has 0 saturated carbocycles. The molecule has 0 aliphatic carbocycles. The molecule has 0 aromatic heterocycles. The van der Waals surface area contributed by atoms with Crippen LogP contribution in [0.15, 0.2) is 18.2 Å². The Hall–Kier alpha value is -0.975. The zero-order valence-electron chi connectivity index (χ0n) is 12.2. The first-order chi connectivity index (χ1) is 9.18. The minimum Gasteiger partial charge on any atom is -0.399 e. The minimum absolute atomic E-state index is 0.0558. The van der Waals surface area contributed by atoms with E-state index in [-0.39, 0.29) is 12.1 Å². The molecule has 2 rings (SSSR count). The lowest BCUT2D eigenvalue weighted by Crippen LogP contribution is -2.41. The molecule has 0 spiro atoms. The molecule has 1 aromatic rings. The molecule has 1 saturated heterocycles. The average Bonchev–Trinajstić information content (AvgIpc) is 2.57. The van der Waals surface area contributed by atoms with Gasteiger partial charge in [-0.05, 0) is 38.7 Å². The van der Waals surface area contributed by atoms with Gasteiger partial charge >= 0.3 is 7.12 Å². The smallest absolute Gasteiger partial charge is 0.399 e. The monoisotopic (exact) mass is 283 g/mol. The van der Waals surface area contributed by atoms with Crippen molar-refractivity contribution in [1.82, 2.24) is 0 Å². The number of hydrogen-bond acceptors (Lipinski definition) is 3. The number of hydrogen-bond donors (Lipinski definition) is 1. The maximum Gasteiger partial charge on any atom is 0.494 e. The number of rotatable bonds is 3. The van der Waals surface area contributed by atoms with Crippen LogP contribution in [-0.2, 0) is 15.9 Å². The molecule has 1 aliphatic rings. The predicted molar refractivity (Wildman–Crippen MR) is 75.0 cm³/mol. The summed E-state index contributed by atoms with van der Waals surface area (Å²) in [5.74, 6) is 0. The first-order valence-electron chi connectivity index (χ1n) is 6.64. The Kier molecular flexibility index (Phi) is 3.93. The van der Waals surface area contributed by atoms with E-state index in [9.17, 15) is 8.78 Å². The van der Waals surface area contributed by atoms with Gasteiger partial charge in [0.15, 0.2) is 0 Å². The van der Waals surface area contributed by atoms with Gasteiger partial charge in [0.05, 0.1) is 11.2 Å². The van der Waals surface area contributed by atoms with Crippen LogP contribution >= 0.6 is 0 Å². The maximum absolute atomic E-state index is 13.0. The number of nitrogens with two attached hydrogens (primary N) is 1. The zero-order valence-corrected chi connectivity index (χ0v) is 12.2. The number of benzene rings is 1. The summed E-state index contributed by atoms with van der Waals surface area (Å²) in [4.78, 5) is 0. The molecule has 1 heterocycles. The van der Waals surface area contributed by atoms with Gasteiger partial charge in [0.25, 0.3) is 6.43 Å². The fourth-order valence-electron chi connectivity index (χ4n) is 2.13. The van der Waals surface area contributed by atoms with Crippen LogP contribution < -0.4 is 11.2 Å². The van der Waals surface area contributed by atoms with Crippen LogP contribution in [0.2, 0.25) is 0 Å². The van der Waals surface area contributed by atoms with E-state index in [1.807, 2.05) is 27.7 Å². The van der Waals surface area contributed by atoms with Crippen molar-refractivity contribution in [2.45, 2.75) is 51.9 Å². The highest BCUT2D eigenvalue weighted by molar-refractivity contribution is 6.62. The second kappa shape index (κ2) is 5.09. The fourth-order valence-corrected chi connectivity index (χ4v) is 2.13. The van der Waals surface area contributed by atoms with Gasteiger partial charge in [-0.2, -0.15) is 0 Å². The van der Waals surface area contributed by atoms with Gasteiger partial charge in [-0.3, -0.25) is 0 Å². The standard InChI is InChI=1S/C14H20BF2NO2/c1-13(2)14(3,4)20-15(19-13)10-6-5-9(8-18)11(7-10)12(16)17/h5-7,12H,8,18H2,1-4H3. The molecule has 0 amide bonds. The van der Waals surface area contributed by atoms with Crippen LogP contribution in [0.4, 0.5) is 8.78 Å². The van der Waals surface area contributed by atoms with Crippen molar-refractivity contribution in [3.63, 3.8) is 0 Å². The lowest BCUT2D eigenvalue weighted by molar-refractivity contribution is 0.00578. The van der Waals surface area contributed by atoms with Crippen molar-refractivity contribution in [1.29, 1.82) is 0 Å². The molecule has 1 aliphatic heterocycles. The second-order valence-corrected chi connectivity index (χ2v) is 6.05. The summed E-state index contributed by atoms with van der Waals surface area (Å²) >= 11 is 0. The zero-order chi connectivity index (χ0) is 15.1. The van der Waals surface area contributed by atoms with Crippen LogP contribution in [0.5, 0.6) is 0 Å². The quantitative estimate of drug-likeness (QED) is 0.866. The lowest BCUT2D eigenvalue weighted by atomic mass is 9.77. The van der Waals surface area contributed by atoms with E-state index < -0.39 is 24.7 Å². The molecule has 0 atom stereocenters. The normalized spacial score (nSPS) is 20.7. The van der Waals surface area contributed by atoms with Crippen molar-refractivity contribution >= 4 is 12.6 Å². The molecule has 0 bridgehead atoms. The Morgan fingerprint density at radius 1 is 1.15 bits per heavy atom. The highest BCUT2D eigenvalue weighted by Crippen LogP contribution is 2.36. The third-order valence-electron chi connectivity index (χ3n) is 4.15. The Morgan fingerprint density at radius 2 is 1.70 bits per heavy atom. The minimum atomic E-state index is -2.56. The van der Waals surface area contributed by atoms with Gasteiger partial charge in [-0.15, -0.1) is 0 Å². The number of halogens is 2. The Morgan fingerprint density at radius 3 is 2.15 bits per heavy atom. The van der Waals surface area contributed by atoms with E-state index in [2.05, 4.69) is 0 Å². The maximum atomic E-state index is 13.0. The molecule has 6 heteroatoms. The summed E-state index contributed by atoms with van der Waals surface area (Å²) in [6, 6.07) is 4.77. The van der Waals surface area contributed by atoms with Crippen molar-refractivity contribution in [2.24, 2.45) is 5.73 Å². The molecule has 1 aromatic carbocycles. The average molecular weight is 283 g/mol. The molecular weight excluding hydrogens is 263 g/mol. The molecule has 0 unspecified atom stereocenters. The van der Waals surface area contributed by atoms with E-state index >= 15 is 0 Å². The van der Waals surface area contributed by atoms with Gasteiger partial charge < -0.3 is 15.0 Å². The molecular formula is C14H20BF2NO2. The molecule has 20 heavy (non-hydrogen) atoms. The third-order valence-corrected chi connectivity index (χ3v) is 4.15. The summed E-state index contributed by atoms with van der Waals surface area (Å²) < 4.78 is 37.8. The van der Waals surface area contributed by atoms with Gasteiger partial charge in [0.1, 0.15) is 0 Å². The molecule has 2 N–H and O–H groups in total. The van der Waals surface area contributed by atoms with Crippen LogP contribution in [0.1, 0.15) is 45.2 Å². The van der Waals surface area contributed by atoms with Gasteiger partial charge in [0, 0.05) is 12.1 Å². The van der Waals surface area contributed by atoms with Crippen LogP contribution in [0.3, 0.4) is 0 Å². The molecule has 1 fully saturated rings. The summed E-state index contributed by atoms with van der Waals surface area (Å²) in [5.41, 5.74) is 5.48. The topological polar surface area (TPSA) is 44.5 Å². The second-order valence-electron chi connectivity index (χ2n) is 6.05. The van der Waals surface area contributed by atoms with Gasteiger partial charge in [-0.1, -0.05) is 18.2 Å². The lowest BCUT2D eigenvalue weighted by Gasteiger charge is -2.32. The van der Waals surface area contributed by atoms with E-state index in [0.717, 1.165) is 0 Å². The van der Waals surface area contributed by atoms with Crippen LogP contribution in [0, 0.1) is 0 Å².